The van der Waals surface area contributed by atoms with Crippen molar-refractivity contribution < 1.29 is 13.9 Å². The number of nitrogens with zero attached hydrogens (tertiary/aromatic N) is 1. The Balaban J connectivity index is 1.65. The topological polar surface area (TPSA) is 29.5 Å². The monoisotopic (exact) mass is 309 g/mol. The summed E-state index contributed by atoms with van der Waals surface area (Å²) < 4.78 is 19.8. The van der Waals surface area contributed by atoms with Crippen LogP contribution in [0.4, 0.5) is 4.39 Å². The fourth-order valence-electron chi connectivity index (χ4n) is 4.48. The number of fused-ring (bicyclic) bond motifs is 5. The van der Waals surface area contributed by atoms with Gasteiger partial charge in [-0.15, -0.1) is 0 Å². The van der Waals surface area contributed by atoms with Gasteiger partial charge < -0.3 is 9.64 Å². The second kappa shape index (κ2) is 4.42. The van der Waals surface area contributed by atoms with Crippen LogP contribution in [0.3, 0.4) is 0 Å². The molecule has 1 amide bonds. The normalized spacial score (nSPS) is 31.2. The lowest BCUT2D eigenvalue weighted by atomic mass is 9.99. The predicted octanol–water partition coefficient (Wildman–Crippen LogP) is 3.30. The smallest absolute Gasteiger partial charge is 0.225 e. The minimum atomic E-state index is -0.729. The molecular formula is C19H16FNO2. The maximum absolute atomic E-state index is 13.3. The van der Waals surface area contributed by atoms with Gasteiger partial charge >= 0.3 is 0 Å². The van der Waals surface area contributed by atoms with Gasteiger partial charge in [-0.2, -0.15) is 0 Å². The molecule has 2 heterocycles. The van der Waals surface area contributed by atoms with E-state index in [4.69, 9.17) is 4.74 Å². The van der Waals surface area contributed by atoms with Gasteiger partial charge in [-0.1, -0.05) is 36.4 Å². The zero-order chi connectivity index (χ0) is 15.6. The molecule has 2 saturated heterocycles. The van der Waals surface area contributed by atoms with Crippen LogP contribution in [-0.2, 0) is 21.7 Å². The van der Waals surface area contributed by atoms with Crippen molar-refractivity contribution in [2.75, 3.05) is 0 Å². The summed E-state index contributed by atoms with van der Waals surface area (Å²) in [6.07, 6.45) is 1.92. The summed E-state index contributed by atoms with van der Waals surface area (Å²) in [5.41, 5.74) is 2.59. The fourth-order valence-corrected chi connectivity index (χ4v) is 4.48. The quantitative estimate of drug-likeness (QED) is 0.809. The van der Waals surface area contributed by atoms with Crippen molar-refractivity contribution >= 4 is 5.91 Å². The van der Waals surface area contributed by atoms with E-state index in [1.54, 1.807) is 12.1 Å². The first-order valence-corrected chi connectivity index (χ1v) is 8.03. The molecule has 0 unspecified atom stereocenters. The summed E-state index contributed by atoms with van der Waals surface area (Å²) in [7, 11) is 0. The molecular weight excluding hydrogens is 293 g/mol. The molecule has 23 heavy (non-hydrogen) atoms. The second-order valence-electron chi connectivity index (χ2n) is 6.56. The predicted molar refractivity (Wildman–Crippen MR) is 81.9 cm³/mol. The van der Waals surface area contributed by atoms with E-state index in [0.29, 0.717) is 12.8 Å². The Morgan fingerprint density at radius 1 is 1.13 bits per heavy atom. The molecule has 2 aliphatic heterocycles. The fraction of sp³-hybridized carbons (Fsp3) is 0.316. The van der Waals surface area contributed by atoms with Gasteiger partial charge in [0.2, 0.25) is 5.91 Å². The Kier molecular flexibility index (Phi) is 2.55. The number of hydrogen-bond acceptors (Lipinski definition) is 2. The summed E-state index contributed by atoms with van der Waals surface area (Å²) in [4.78, 5) is 14.5. The van der Waals surface area contributed by atoms with Crippen LogP contribution in [0.2, 0.25) is 0 Å². The average Bonchev–Trinajstić information content (AvgIpc) is 3.16. The molecule has 3 atom stereocenters. The van der Waals surface area contributed by atoms with E-state index in [-0.39, 0.29) is 23.9 Å². The van der Waals surface area contributed by atoms with E-state index in [0.717, 1.165) is 12.0 Å². The molecule has 1 aliphatic carbocycles. The zero-order valence-electron chi connectivity index (χ0n) is 12.5. The van der Waals surface area contributed by atoms with E-state index >= 15 is 0 Å². The van der Waals surface area contributed by atoms with Gasteiger partial charge in [0.1, 0.15) is 5.82 Å². The van der Waals surface area contributed by atoms with Crippen molar-refractivity contribution in [1.29, 1.82) is 0 Å². The van der Waals surface area contributed by atoms with Crippen LogP contribution >= 0.6 is 0 Å². The minimum Gasteiger partial charge on any atom is -0.345 e. The second-order valence-corrected chi connectivity index (χ2v) is 6.56. The van der Waals surface area contributed by atoms with Crippen LogP contribution in [0.15, 0.2) is 48.5 Å². The van der Waals surface area contributed by atoms with Crippen LogP contribution in [0, 0.1) is 5.82 Å². The summed E-state index contributed by atoms with van der Waals surface area (Å²) in [5.74, 6) is -0.150. The standard InChI is InChI=1S/C19H16FNO2/c20-14-7-5-13(6-8-14)19-10-9-17(22)21(19)18-15-4-2-1-3-12(15)11-16(18)23-19/h1-8,16,18H,9-11H2/t16-,18-,19+/m0/s1. The lowest BCUT2D eigenvalue weighted by Gasteiger charge is -2.34. The van der Waals surface area contributed by atoms with E-state index in [9.17, 15) is 9.18 Å². The van der Waals surface area contributed by atoms with Crippen LogP contribution in [0.25, 0.3) is 0 Å². The van der Waals surface area contributed by atoms with Crippen LogP contribution in [0.1, 0.15) is 35.6 Å². The molecule has 0 bridgehead atoms. The number of hydrogen-bond donors (Lipinski definition) is 0. The van der Waals surface area contributed by atoms with Crippen LogP contribution < -0.4 is 0 Å². The first kappa shape index (κ1) is 13.3. The number of ether oxygens (including phenoxy) is 1. The van der Waals surface area contributed by atoms with Gasteiger partial charge in [0, 0.05) is 24.8 Å². The molecule has 3 aliphatic rings. The SMILES string of the molecule is O=C1CC[C@]2(c3ccc(F)cc3)O[C@H]3Cc4ccccc4[C@@H]3N12. The van der Waals surface area contributed by atoms with E-state index < -0.39 is 5.72 Å². The molecule has 3 nitrogen and oxygen atoms in total. The molecule has 0 radical (unpaired) electrons. The minimum absolute atomic E-state index is 0.0123. The third kappa shape index (κ3) is 1.64. The first-order valence-electron chi connectivity index (χ1n) is 8.03. The maximum atomic E-state index is 13.3. The summed E-state index contributed by atoms with van der Waals surface area (Å²) in [6.45, 7) is 0. The zero-order valence-corrected chi connectivity index (χ0v) is 12.5. The highest BCUT2D eigenvalue weighted by Gasteiger charge is 2.61. The molecule has 2 aromatic rings. The number of rotatable bonds is 1. The van der Waals surface area contributed by atoms with Crippen LogP contribution in [-0.4, -0.2) is 16.9 Å². The summed E-state index contributed by atoms with van der Waals surface area (Å²) in [6, 6.07) is 14.6. The van der Waals surface area contributed by atoms with Gasteiger partial charge in [0.25, 0.3) is 0 Å². The molecule has 116 valence electrons. The Morgan fingerprint density at radius 2 is 1.91 bits per heavy atom. The lowest BCUT2D eigenvalue weighted by molar-refractivity contribution is -0.141. The van der Waals surface area contributed by atoms with Crippen molar-refractivity contribution in [3.05, 3.63) is 71.0 Å². The van der Waals surface area contributed by atoms with Crippen LogP contribution in [0.5, 0.6) is 0 Å². The largest absolute Gasteiger partial charge is 0.345 e. The Morgan fingerprint density at radius 3 is 2.74 bits per heavy atom. The Labute approximate surface area is 133 Å². The summed E-state index contributed by atoms with van der Waals surface area (Å²) in [5, 5.41) is 0. The number of carbonyl (C=O) groups excluding carboxylic acids is 1. The molecule has 2 fully saturated rings. The highest BCUT2D eigenvalue weighted by Crippen LogP contribution is 2.57. The van der Waals surface area contributed by atoms with E-state index in [2.05, 4.69) is 12.1 Å². The highest BCUT2D eigenvalue weighted by atomic mass is 19.1. The van der Waals surface area contributed by atoms with Crippen molar-refractivity contribution in [3.63, 3.8) is 0 Å². The third-order valence-electron chi connectivity index (χ3n) is 5.40. The van der Waals surface area contributed by atoms with Gasteiger partial charge in [-0.05, 0) is 23.3 Å². The highest BCUT2D eigenvalue weighted by molar-refractivity contribution is 5.81. The molecule has 0 aromatic heterocycles. The molecule has 4 heteroatoms. The number of halogens is 1. The van der Waals surface area contributed by atoms with Crippen molar-refractivity contribution in [3.8, 4) is 0 Å². The van der Waals surface area contributed by atoms with E-state index in [1.165, 1.54) is 23.3 Å². The maximum Gasteiger partial charge on any atom is 0.225 e. The van der Waals surface area contributed by atoms with Crippen molar-refractivity contribution in [1.82, 2.24) is 4.90 Å². The number of amides is 1. The van der Waals surface area contributed by atoms with Crippen molar-refractivity contribution in [2.24, 2.45) is 0 Å². The average molecular weight is 309 g/mol. The third-order valence-corrected chi connectivity index (χ3v) is 5.40. The molecule has 5 rings (SSSR count). The van der Waals surface area contributed by atoms with Gasteiger partial charge in [0.15, 0.2) is 5.72 Å². The molecule has 0 N–H and O–H groups in total. The van der Waals surface area contributed by atoms with E-state index in [1.807, 2.05) is 17.0 Å². The Bertz CT molecular complexity index is 803. The number of benzene rings is 2. The summed E-state index contributed by atoms with van der Waals surface area (Å²) >= 11 is 0. The van der Waals surface area contributed by atoms with Crippen molar-refractivity contribution in [2.45, 2.75) is 37.1 Å². The van der Waals surface area contributed by atoms with Gasteiger partial charge in [-0.25, -0.2) is 4.39 Å². The number of carbonyl (C=O) groups is 1. The Hall–Kier alpha value is -2.20. The van der Waals surface area contributed by atoms with Gasteiger partial charge in [-0.3, -0.25) is 4.79 Å². The lowest BCUT2D eigenvalue weighted by Crippen LogP contribution is -2.40. The molecule has 2 aromatic carbocycles. The van der Waals surface area contributed by atoms with Gasteiger partial charge in [0.05, 0.1) is 12.1 Å². The first-order chi connectivity index (χ1) is 11.2. The molecule has 0 saturated carbocycles. The molecule has 0 spiro atoms.